The number of fused-ring (bicyclic) bond motifs is 11. The first-order valence-electron chi connectivity index (χ1n) is 22.1. The Balaban J connectivity index is 1.08. The molecule has 2 aromatic heterocycles. The second-order valence-corrected chi connectivity index (χ2v) is 17.6. The first kappa shape index (κ1) is 36.5. The monoisotopic (exact) mass is 819 g/mol. The SMILES string of the molecule is CC1(C)c2ccccc2-c2ccc(N(c3cccc(-c4ccccc4)c3)c3cccc4oc5c6ccccc6c(-c6cccc7c6oc6c(-c8ccccc8)cccc67)cc5c34)cc21. The van der Waals surface area contributed by atoms with Crippen molar-refractivity contribution in [1.29, 1.82) is 0 Å². The van der Waals surface area contributed by atoms with E-state index in [0.717, 1.165) is 99.5 Å². The van der Waals surface area contributed by atoms with E-state index in [9.17, 15) is 0 Å². The van der Waals surface area contributed by atoms with Crippen LogP contribution in [0.15, 0.2) is 221 Å². The van der Waals surface area contributed by atoms with Gasteiger partial charge in [0.2, 0.25) is 0 Å². The Labute approximate surface area is 371 Å². The van der Waals surface area contributed by atoms with Gasteiger partial charge in [0.05, 0.1) is 11.1 Å². The molecule has 2 heterocycles. The number of furan rings is 2. The summed E-state index contributed by atoms with van der Waals surface area (Å²) in [6, 6.07) is 76.4. The van der Waals surface area contributed by atoms with Crippen LogP contribution in [0.1, 0.15) is 25.0 Å². The largest absolute Gasteiger partial charge is 0.455 e. The molecular weight excluding hydrogens is 779 g/mol. The molecule has 0 N–H and O–H groups in total. The molecule has 0 bridgehead atoms. The van der Waals surface area contributed by atoms with Crippen LogP contribution < -0.4 is 4.90 Å². The van der Waals surface area contributed by atoms with Crippen LogP contribution in [0, 0.1) is 0 Å². The smallest absolute Gasteiger partial charge is 0.143 e. The predicted molar refractivity (Wildman–Crippen MR) is 267 cm³/mol. The van der Waals surface area contributed by atoms with Crippen LogP contribution >= 0.6 is 0 Å². The molecule has 0 unspecified atom stereocenters. The molecule has 3 heteroatoms. The summed E-state index contributed by atoms with van der Waals surface area (Å²) in [4.78, 5) is 2.43. The lowest BCUT2D eigenvalue weighted by Gasteiger charge is -2.29. The van der Waals surface area contributed by atoms with E-state index in [1.807, 2.05) is 0 Å². The van der Waals surface area contributed by atoms with Crippen molar-refractivity contribution in [2.24, 2.45) is 0 Å². The highest BCUT2D eigenvalue weighted by molar-refractivity contribution is 6.24. The summed E-state index contributed by atoms with van der Waals surface area (Å²) in [7, 11) is 0. The summed E-state index contributed by atoms with van der Waals surface area (Å²) in [5, 5.41) is 6.48. The molecule has 13 rings (SSSR count). The molecule has 1 aliphatic rings. The zero-order valence-corrected chi connectivity index (χ0v) is 35.5. The van der Waals surface area contributed by atoms with Gasteiger partial charge in [0.25, 0.3) is 0 Å². The Morgan fingerprint density at radius 1 is 0.344 bits per heavy atom. The van der Waals surface area contributed by atoms with E-state index in [-0.39, 0.29) is 5.41 Å². The minimum Gasteiger partial charge on any atom is -0.455 e. The number of nitrogens with zero attached hydrogens (tertiary/aromatic N) is 1. The third-order valence-electron chi connectivity index (χ3n) is 13.7. The summed E-state index contributed by atoms with van der Waals surface area (Å²) in [6.45, 7) is 4.70. The molecule has 0 amide bonds. The van der Waals surface area contributed by atoms with E-state index >= 15 is 0 Å². The van der Waals surface area contributed by atoms with Crippen molar-refractivity contribution < 1.29 is 8.83 Å². The molecule has 0 fully saturated rings. The van der Waals surface area contributed by atoms with E-state index in [2.05, 4.69) is 231 Å². The molecule has 12 aromatic rings. The van der Waals surface area contributed by atoms with E-state index in [1.165, 1.54) is 27.8 Å². The lowest BCUT2D eigenvalue weighted by atomic mass is 9.82. The normalized spacial score (nSPS) is 13.0. The summed E-state index contributed by atoms with van der Waals surface area (Å²) < 4.78 is 14.0. The van der Waals surface area contributed by atoms with Crippen LogP contribution in [0.3, 0.4) is 0 Å². The molecule has 64 heavy (non-hydrogen) atoms. The van der Waals surface area contributed by atoms with Crippen molar-refractivity contribution in [3.05, 3.63) is 223 Å². The van der Waals surface area contributed by atoms with Gasteiger partial charge in [-0.05, 0) is 92.4 Å². The standard InChI is InChI=1S/C61H41NO2/c1-61(2)53-30-12-11-24-45(53)46-34-33-42(36-54(46)61)62(41-22-13-21-40(35-41)38-17-5-3-6-18-38)55-31-16-32-56-57(55)52-37-51(44-23-9-10-25-47(44)60(52)63-56)50-29-15-28-49-48-27-14-26-43(58(48)64-59(49)50)39-19-7-4-8-20-39/h3-37H,1-2H3. The second kappa shape index (κ2) is 13.9. The molecule has 302 valence electrons. The fourth-order valence-corrected chi connectivity index (χ4v) is 10.6. The summed E-state index contributed by atoms with van der Waals surface area (Å²) in [5.41, 5.74) is 18.5. The number of rotatable bonds is 6. The first-order chi connectivity index (χ1) is 31.5. The van der Waals surface area contributed by atoms with Gasteiger partial charge in [-0.2, -0.15) is 0 Å². The van der Waals surface area contributed by atoms with E-state index in [1.54, 1.807) is 0 Å². The van der Waals surface area contributed by atoms with Crippen molar-refractivity contribution in [1.82, 2.24) is 0 Å². The van der Waals surface area contributed by atoms with Crippen LogP contribution in [0.2, 0.25) is 0 Å². The molecule has 0 saturated heterocycles. The molecule has 0 aliphatic heterocycles. The maximum absolute atomic E-state index is 7.02. The summed E-state index contributed by atoms with van der Waals surface area (Å²) in [6.07, 6.45) is 0. The predicted octanol–water partition coefficient (Wildman–Crippen LogP) is 17.4. The van der Waals surface area contributed by atoms with Gasteiger partial charge in [0, 0.05) is 49.5 Å². The first-order valence-corrected chi connectivity index (χ1v) is 22.1. The Kier molecular flexibility index (Phi) is 7.95. The quantitative estimate of drug-likeness (QED) is 0.167. The fourth-order valence-electron chi connectivity index (χ4n) is 10.6. The lowest BCUT2D eigenvalue weighted by Crippen LogP contribution is -2.16. The maximum Gasteiger partial charge on any atom is 0.143 e. The Morgan fingerprint density at radius 3 is 1.73 bits per heavy atom. The molecule has 0 spiro atoms. The Morgan fingerprint density at radius 2 is 0.922 bits per heavy atom. The van der Waals surface area contributed by atoms with Crippen molar-refractivity contribution in [2.75, 3.05) is 4.90 Å². The topological polar surface area (TPSA) is 29.5 Å². The highest BCUT2D eigenvalue weighted by Gasteiger charge is 2.36. The molecule has 1 aliphatic carbocycles. The second-order valence-electron chi connectivity index (χ2n) is 17.6. The highest BCUT2D eigenvalue weighted by atomic mass is 16.3. The van der Waals surface area contributed by atoms with Gasteiger partial charge in [-0.1, -0.05) is 184 Å². The third kappa shape index (κ3) is 5.41. The Bertz CT molecular complexity index is 3820. The van der Waals surface area contributed by atoms with E-state index < -0.39 is 0 Å². The lowest BCUT2D eigenvalue weighted by molar-refractivity contribution is 0.660. The molecule has 0 atom stereocenters. The highest BCUT2D eigenvalue weighted by Crippen LogP contribution is 2.53. The van der Waals surface area contributed by atoms with Gasteiger partial charge >= 0.3 is 0 Å². The van der Waals surface area contributed by atoms with Crippen LogP contribution in [-0.4, -0.2) is 0 Å². The average Bonchev–Trinajstić information content (AvgIpc) is 4.00. The minimum absolute atomic E-state index is 0.165. The maximum atomic E-state index is 7.02. The average molecular weight is 820 g/mol. The van der Waals surface area contributed by atoms with Crippen molar-refractivity contribution in [2.45, 2.75) is 19.3 Å². The molecule has 0 radical (unpaired) electrons. The number of hydrogen-bond acceptors (Lipinski definition) is 3. The van der Waals surface area contributed by atoms with Gasteiger partial charge in [-0.15, -0.1) is 0 Å². The van der Waals surface area contributed by atoms with Gasteiger partial charge in [-0.25, -0.2) is 0 Å². The van der Waals surface area contributed by atoms with Crippen molar-refractivity contribution in [3.8, 4) is 44.5 Å². The minimum atomic E-state index is -0.165. The zero-order valence-electron chi connectivity index (χ0n) is 35.5. The van der Waals surface area contributed by atoms with Crippen LogP contribution in [0.4, 0.5) is 17.1 Å². The van der Waals surface area contributed by atoms with Gasteiger partial charge in [0.1, 0.15) is 22.3 Å². The van der Waals surface area contributed by atoms with E-state index in [4.69, 9.17) is 8.83 Å². The molecular formula is C61H41NO2. The van der Waals surface area contributed by atoms with Crippen LogP contribution in [0.25, 0.3) is 99.2 Å². The number of para-hydroxylation sites is 2. The number of benzene rings is 10. The third-order valence-corrected chi connectivity index (χ3v) is 13.7. The number of hydrogen-bond donors (Lipinski definition) is 0. The zero-order chi connectivity index (χ0) is 42.5. The molecule has 3 nitrogen and oxygen atoms in total. The van der Waals surface area contributed by atoms with Crippen molar-refractivity contribution in [3.63, 3.8) is 0 Å². The Hall–Kier alpha value is -8.14. The van der Waals surface area contributed by atoms with Crippen LogP contribution in [0.5, 0.6) is 0 Å². The van der Waals surface area contributed by atoms with E-state index in [0.29, 0.717) is 0 Å². The van der Waals surface area contributed by atoms with Gasteiger partial charge in [0.15, 0.2) is 0 Å². The molecule has 10 aromatic carbocycles. The molecule has 0 saturated carbocycles. The van der Waals surface area contributed by atoms with Crippen molar-refractivity contribution >= 4 is 71.7 Å². The number of anilines is 3. The van der Waals surface area contributed by atoms with Gasteiger partial charge < -0.3 is 13.7 Å². The van der Waals surface area contributed by atoms with Crippen LogP contribution in [-0.2, 0) is 5.41 Å². The summed E-state index contributed by atoms with van der Waals surface area (Å²) in [5.74, 6) is 0. The fraction of sp³-hybridized carbons (Fsp3) is 0.0492. The van der Waals surface area contributed by atoms with Gasteiger partial charge in [-0.3, -0.25) is 0 Å². The summed E-state index contributed by atoms with van der Waals surface area (Å²) >= 11 is 0.